The molecule has 0 saturated carbocycles. The van der Waals surface area contributed by atoms with Gasteiger partial charge in [0.05, 0.1) is 12.6 Å². The fraction of sp³-hybridized carbons (Fsp3) is 0.500. The third kappa shape index (κ3) is 3.45. The number of anilines is 1. The molecule has 120 valence electrons. The number of halogens is 2. The van der Waals surface area contributed by atoms with Gasteiger partial charge in [-0.25, -0.2) is 0 Å². The van der Waals surface area contributed by atoms with Crippen LogP contribution < -0.4 is 14.8 Å². The van der Waals surface area contributed by atoms with E-state index in [1.165, 1.54) is 18.2 Å². The summed E-state index contributed by atoms with van der Waals surface area (Å²) in [5.41, 5.74) is 0.350. The van der Waals surface area contributed by atoms with E-state index in [1.807, 2.05) is 4.90 Å². The highest BCUT2D eigenvalue weighted by Crippen LogP contribution is 2.42. The highest BCUT2D eigenvalue weighted by molar-refractivity contribution is 5.92. The van der Waals surface area contributed by atoms with E-state index in [0.29, 0.717) is 12.2 Å². The number of benzene rings is 1. The first-order valence-electron chi connectivity index (χ1n) is 7.01. The van der Waals surface area contributed by atoms with Gasteiger partial charge in [-0.2, -0.15) is 0 Å². The summed E-state index contributed by atoms with van der Waals surface area (Å²) in [7, 11) is 0. The van der Waals surface area contributed by atoms with E-state index in [0.717, 1.165) is 19.4 Å². The molecule has 22 heavy (non-hydrogen) atoms. The Balaban J connectivity index is 1.58. The normalized spacial score (nSPS) is 23.3. The number of hydrogen-bond acceptors (Lipinski definition) is 5. The Morgan fingerprint density at radius 2 is 2.18 bits per heavy atom. The maximum atomic E-state index is 12.9. The molecule has 2 aliphatic rings. The van der Waals surface area contributed by atoms with Crippen LogP contribution in [0.2, 0.25) is 0 Å². The molecule has 8 heteroatoms. The Morgan fingerprint density at radius 3 is 2.95 bits per heavy atom. The van der Waals surface area contributed by atoms with Gasteiger partial charge in [0.15, 0.2) is 11.5 Å². The van der Waals surface area contributed by atoms with Crippen molar-refractivity contribution in [3.05, 3.63) is 18.2 Å². The fourth-order valence-corrected chi connectivity index (χ4v) is 2.61. The minimum absolute atomic E-state index is 0.0675. The third-order valence-electron chi connectivity index (χ3n) is 3.53. The number of fused-ring (bicyclic) bond motifs is 1. The van der Waals surface area contributed by atoms with Crippen LogP contribution in [-0.2, 0) is 4.79 Å². The first-order chi connectivity index (χ1) is 10.4. The van der Waals surface area contributed by atoms with Crippen molar-refractivity contribution in [3.8, 4) is 11.5 Å². The van der Waals surface area contributed by atoms with E-state index >= 15 is 0 Å². The highest BCUT2D eigenvalue weighted by Gasteiger charge is 2.43. The van der Waals surface area contributed by atoms with E-state index in [9.17, 15) is 18.7 Å². The fourth-order valence-electron chi connectivity index (χ4n) is 2.61. The molecule has 2 heterocycles. The monoisotopic (exact) mass is 314 g/mol. The average Bonchev–Trinajstić information content (AvgIpc) is 2.71. The number of amides is 1. The van der Waals surface area contributed by atoms with Crippen LogP contribution >= 0.6 is 0 Å². The van der Waals surface area contributed by atoms with Gasteiger partial charge in [-0.1, -0.05) is 0 Å². The molecule has 2 aliphatic heterocycles. The Bertz CT molecular complexity index is 582. The van der Waals surface area contributed by atoms with Crippen molar-refractivity contribution >= 4 is 11.6 Å². The van der Waals surface area contributed by atoms with E-state index in [2.05, 4.69) is 14.8 Å². The van der Waals surface area contributed by atoms with Gasteiger partial charge < -0.3 is 19.9 Å². The lowest BCUT2D eigenvalue weighted by molar-refractivity contribution is -0.286. The van der Waals surface area contributed by atoms with Crippen molar-refractivity contribution in [3.63, 3.8) is 0 Å². The van der Waals surface area contributed by atoms with E-state index in [4.69, 9.17) is 0 Å². The van der Waals surface area contributed by atoms with Gasteiger partial charge >= 0.3 is 6.29 Å². The predicted molar refractivity (Wildman–Crippen MR) is 73.0 cm³/mol. The Morgan fingerprint density at radius 1 is 1.41 bits per heavy atom. The minimum Gasteiger partial charge on any atom is -0.395 e. The van der Waals surface area contributed by atoms with Crippen molar-refractivity contribution in [1.29, 1.82) is 0 Å². The zero-order valence-corrected chi connectivity index (χ0v) is 11.7. The second-order valence-corrected chi connectivity index (χ2v) is 5.41. The number of aliphatic hydroxyl groups excluding tert-OH is 1. The van der Waals surface area contributed by atoms with Crippen molar-refractivity contribution in [2.24, 2.45) is 0 Å². The van der Waals surface area contributed by atoms with Gasteiger partial charge in [-0.3, -0.25) is 9.69 Å². The third-order valence-corrected chi connectivity index (χ3v) is 3.53. The summed E-state index contributed by atoms with van der Waals surface area (Å²) in [6.07, 6.45) is -2.49. The Kier molecular flexibility index (Phi) is 3.88. The molecule has 1 fully saturated rings. The van der Waals surface area contributed by atoms with Crippen LogP contribution in [0.4, 0.5) is 14.5 Å². The number of hydrogen-bond donors (Lipinski definition) is 2. The molecule has 0 aliphatic carbocycles. The van der Waals surface area contributed by atoms with Gasteiger partial charge in [0.2, 0.25) is 5.91 Å². The number of carbonyl (C=O) groups is 1. The maximum Gasteiger partial charge on any atom is 0.586 e. The zero-order chi connectivity index (χ0) is 15.7. The number of β-amino-alcohol motifs (C(OH)–C–C–N with tert-alkyl or cyclic N) is 1. The molecule has 0 spiro atoms. The lowest BCUT2D eigenvalue weighted by atomic mass is 10.1. The second-order valence-electron chi connectivity index (χ2n) is 5.41. The quantitative estimate of drug-likeness (QED) is 0.882. The largest absolute Gasteiger partial charge is 0.586 e. The topological polar surface area (TPSA) is 71.0 Å². The predicted octanol–water partition coefficient (Wildman–Crippen LogP) is 1.40. The number of piperidine rings is 1. The summed E-state index contributed by atoms with van der Waals surface area (Å²) in [4.78, 5) is 13.8. The molecule has 1 aromatic carbocycles. The minimum atomic E-state index is -3.67. The summed E-state index contributed by atoms with van der Waals surface area (Å²) >= 11 is 0. The van der Waals surface area contributed by atoms with Crippen molar-refractivity contribution in [2.45, 2.75) is 25.2 Å². The van der Waals surface area contributed by atoms with Crippen molar-refractivity contribution in [2.75, 3.05) is 25.0 Å². The summed E-state index contributed by atoms with van der Waals surface area (Å²) in [5, 5.41) is 12.2. The number of rotatable bonds is 3. The van der Waals surface area contributed by atoms with Crippen LogP contribution in [0.5, 0.6) is 11.5 Å². The molecule has 0 radical (unpaired) electrons. The lowest BCUT2D eigenvalue weighted by Crippen LogP contribution is -2.42. The van der Waals surface area contributed by atoms with Crippen LogP contribution in [0.25, 0.3) is 0 Å². The van der Waals surface area contributed by atoms with Gasteiger partial charge in [0, 0.05) is 18.3 Å². The van der Waals surface area contributed by atoms with Gasteiger partial charge in [0.25, 0.3) is 0 Å². The standard InChI is InChI=1S/C14H16F2N2O4/c15-14(16)21-11-4-3-9(6-12(11)22-14)17-13(20)8-18-5-1-2-10(19)7-18/h3-4,6,10,19H,1-2,5,7-8H2,(H,17,20). The molecule has 1 amide bonds. The van der Waals surface area contributed by atoms with Crippen LogP contribution in [0.1, 0.15) is 12.8 Å². The van der Waals surface area contributed by atoms with Crippen molar-refractivity contribution < 1.29 is 28.2 Å². The number of carbonyl (C=O) groups excluding carboxylic acids is 1. The molecule has 6 nitrogen and oxygen atoms in total. The Hall–Kier alpha value is -1.93. The number of aliphatic hydroxyl groups is 1. The molecule has 1 atom stereocenters. The number of likely N-dealkylation sites (tertiary alicyclic amines) is 1. The number of nitrogens with one attached hydrogen (secondary N) is 1. The van der Waals surface area contributed by atoms with Gasteiger partial charge in [-0.15, -0.1) is 8.78 Å². The highest BCUT2D eigenvalue weighted by atomic mass is 19.3. The van der Waals surface area contributed by atoms with Gasteiger partial charge in [-0.05, 0) is 31.5 Å². The first-order valence-corrected chi connectivity index (χ1v) is 7.01. The summed E-state index contributed by atoms with van der Waals surface area (Å²) in [5.74, 6) is -0.460. The van der Waals surface area contributed by atoms with E-state index < -0.39 is 12.4 Å². The second kappa shape index (κ2) is 5.69. The van der Waals surface area contributed by atoms with Crippen LogP contribution in [-0.4, -0.2) is 47.9 Å². The SMILES string of the molecule is O=C(CN1CCCC(O)C1)Nc1ccc2c(c1)OC(F)(F)O2. The Labute approximate surface area is 125 Å². The number of alkyl halides is 2. The average molecular weight is 314 g/mol. The van der Waals surface area contributed by atoms with Crippen molar-refractivity contribution in [1.82, 2.24) is 4.90 Å². The summed E-state index contributed by atoms with van der Waals surface area (Å²) in [6.45, 7) is 1.35. The molecular formula is C14H16F2N2O4. The number of ether oxygens (including phenoxy) is 2. The summed E-state index contributed by atoms with van der Waals surface area (Å²) < 4.78 is 34.4. The maximum absolute atomic E-state index is 12.9. The molecular weight excluding hydrogens is 298 g/mol. The van der Waals surface area contributed by atoms with Crippen LogP contribution in [0.3, 0.4) is 0 Å². The van der Waals surface area contributed by atoms with Gasteiger partial charge in [0.1, 0.15) is 0 Å². The first kappa shape index (κ1) is 15.0. The smallest absolute Gasteiger partial charge is 0.395 e. The molecule has 2 N–H and O–H groups in total. The van der Waals surface area contributed by atoms with E-state index in [-0.39, 0.29) is 24.0 Å². The number of nitrogens with zero attached hydrogens (tertiary/aromatic N) is 1. The molecule has 0 bridgehead atoms. The zero-order valence-electron chi connectivity index (χ0n) is 11.7. The molecule has 1 unspecified atom stereocenters. The molecule has 1 aromatic rings. The van der Waals surface area contributed by atoms with Crippen LogP contribution in [0, 0.1) is 0 Å². The lowest BCUT2D eigenvalue weighted by Gasteiger charge is -2.29. The van der Waals surface area contributed by atoms with E-state index in [1.54, 1.807) is 0 Å². The molecule has 1 saturated heterocycles. The summed E-state index contributed by atoms with van der Waals surface area (Å²) in [6, 6.07) is 4.07. The van der Waals surface area contributed by atoms with Crippen LogP contribution in [0.15, 0.2) is 18.2 Å². The molecule has 3 rings (SSSR count). The molecule has 0 aromatic heterocycles.